The molecular weight excluding hydrogens is 259 g/mol. The summed E-state index contributed by atoms with van der Waals surface area (Å²) in [4.78, 5) is 11.6. The molecule has 1 aromatic carbocycles. The molecular formula is C15H21FN2O2. The molecule has 1 aliphatic rings. The van der Waals surface area contributed by atoms with Crippen LogP contribution in [0.3, 0.4) is 0 Å². The van der Waals surface area contributed by atoms with Crippen LogP contribution in [0.25, 0.3) is 0 Å². The summed E-state index contributed by atoms with van der Waals surface area (Å²) in [6.07, 6.45) is 5.79. The maximum Gasteiger partial charge on any atom is 0.315 e. The molecule has 20 heavy (non-hydrogen) atoms. The van der Waals surface area contributed by atoms with Crippen LogP contribution in [0.5, 0.6) is 5.75 Å². The van der Waals surface area contributed by atoms with Gasteiger partial charge in [-0.3, -0.25) is 0 Å². The van der Waals surface area contributed by atoms with Gasteiger partial charge in [0.15, 0.2) is 0 Å². The van der Waals surface area contributed by atoms with Crippen molar-refractivity contribution in [2.75, 3.05) is 13.2 Å². The zero-order chi connectivity index (χ0) is 14.2. The summed E-state index contributed by atoms with van der Waals surface area (Å²) < 4.78 is 18.1. The van der Waals surface area contributed by atoms with Crippen molar-refractivity contribution in [3.05, 3.63) is 30.1 Å². The van der Waals surface area contributed by atoms with Crippen LogP contribution in [0.15, 0.2) is 24.3 Å². The maximum atomic E-state index is 12.7. The van der Waals surface area contributed by atoms with Crippen LogP contribution in [0.1, 0.15) is 32.1 Å². The first-order chi connectivity index (χ1) is 9.74. The Balaban J connectivity index is 1.58. The SMILES string of the molecule is O=C(NCCOc1ccc(F)cc1)NC1CCCCC1. The lowest BCUT2D eigenvalue weighted by molar-refractivity contribution is 0.228. The third-order valence-electron chi connectivity index (χ3n) is 3.41. The first kappa shape index (κ1) is 14.6. The monoisotopic (exact) mass is 280 g/mol. The minimum absolute atomic E-state index is 0.139. The Kier molecular flexibility index (Phi) is 5.65. The van der Waals surface area contributed by atoms with Crippen LogP contribution in [0.4, 0.5) is 9.18 Å². The molecule has 0 radical (unpaired) electrons. The number of halogens is 1. The summed E-state index contributed by atoms with van der Waals surface area (Å²) in [5.74, 6) is 0.309. The fraction of sp³-hybridized carbons (Fsp3) is 0.533. The second-order valence-corrected chi connectivity index (χ2v) is 5.04. The smallest absolute Gasteiger partial charge is 0.315 e. The molecule has 1 aromatic rings. The van der Waals surface area contributed by atoms with Crippen molar-refractivity contribution in [1.82, 2.24) is 10.6 Å². The van der Waals surface area contributed by atoms with Crippen molar-refractivity contribution in [1.29, 1.82) is 0 Å². The van der Waals surface area contributed by atoms with Gasteiger partial charge in [0.2, 0.25) is 0 Å². The first-order valence-electron chi connectivity index (χ1n) is 7.17. The lowest BCUT2D eigenvalue weighted by Gasteiger charge is -2.22. The molecule has 0 aliphatic heterocycles. The topological polar surface area (TPSA) is 50.4 Å². The molecule has 1 fully saturated rings. The van der Waals surface area contributed by atoms with E-state index in [1.807, 2.05) is 0 Å². The minimum atomic E-state index is -0.290. The van der Waals surface area contributed by atoms with E-state index in [-0.39, 0.29) is 11.8 Å². The third kappa shape index (κ3) is 5.07. The number of carbonyl (C=O) groups is 1. The summed E-state index contributed by atoms with van der Waals surface area (Å²) >= 11 is 0. The van der Waals surface area contributed by atoms with Gasteiger partial charge in [-0.1, -0.05) is 19.3 Å². The van der Waals surface area contributed by atoms with Gasteiger partial charge in [-0.25, -0.2) is 9.18 Å². The summed E-state index contributed by atoms with van der Waals surface area (Å²) in [7, 11) is 0. The van der Waals surface area contributed by atoms with Crippen LogP contribution >= 0.6 is 0 Å². The largest absolute Gasteiger partial charge is 0.492 e. The molecule has 0 spiro atoms. The molecule has 2 N–H and O–H groups in total. The highest BCUT2D eigenvalue weighted by atomic mass is 19.1. The Bertz CT molecular complexity index is 416. The lowest BCUT2D eigenvalue weighted by atomic mass is 9.96. The lowest BCUT2D eigenvalue weighted by Crippen LogP contribution is -2.44. The second-order valence-electron chi connectivity index (χ2n) is 5.04. The normalized spacial score (nSPS) is 15.7. The minimum Gasteiger partial charge on any atom is -0.492 e. The number of nitrogens with one attached hydrogen (secondary N) is 2. The Labute approximate surface area is 118 Å². The first-order valence-corrected chi connectivity index (χ1v) is 7.17. The van der Waals surface area contributed by atoms with E-state index in [1.54, 1.807) is 12.1 Å². The highest BCUT2D eigenvalue weighted by Crippen LogP contribution is 2.17. The summed E-state index contributed by atoms with van der Waals surface area (Å²) in [6, 6.07) is 5.99. The van der Waals surface area contributed by atoms with Gasteiger partial charge in [-0.05, 0) is 37.1 Å². The van der Waals surface area contributed by atoms with Gasteiger partial charge in [-0.15, -0.1) is 0 Å². The fourth-order valence-electron chi connectivity index (χ4n) is 2.35. The van der Waals surface area contributed by atoms with E-state index >= 15 is 0 Å². The Morgan fingerprint density at radius 2 is 1.90 bits per heavy atom. The van der Waals surface area contributed by atoms with Crippen LogP contribution < -0.4 is 15.4 Å². The highest BCUT2D eigenvalue weighted by Gasteiger charge is 2.14. The highest BCUT2D eigenvalue weighted by molar-refractivity contribution is 5.74. The van der Waals surface area contributed by atoms with Gasteiger partial charge in [-0.2, -0.15) is 0 Å². The summed E-state index contributed by atoms with van der Waals surface area (Å²) in [5, 5.41) is 5.73. The van der Waals surface area contributed by atoms with Crippen LogP contribution in [0.2, 0.25) is 0 Å². The standard InChI is InChI=1S/C15H21FN2O2/c16-12-6-8-14(9-7-12)20-11-10-17-15(19)18-13-4-2-1-3-5-13/h6-9,13H,1-5,10-11H2,(H2,17,18,19). The average Bonchev–Trinajstić information content (AvgIpc) is 2.46. The number of urea groups is 1. The number of carbonyl (C=O) groups excluding carboxylic acids is 1. The molecule has 0 aromatic heterocycles. The van der Waals surface area contributed by atoms with Crippen LogP contribution in [-0.2, 0) is 0 Å². The van der Waals surface area contributed by atoms with E-state index in [1.165, 1.54) is 31.4 Å². The second kappa shape index (κ2) is 7.72. The van der Waals surface area contributed by atoms with Gasteiger partial charge in [0.05, 0.1) is 6.54 Å². The Hall–Kier alpha value is -1.78. The summed E-state index contributed by atoms with van der Waals surface area (Å²) in [5.41, 5.74) is 0. The zero-order valence-electron chi connectivity index (χ0n) is 11.5. The molecule has 4 nitrogen and oxygen atoms in total. The summed E-state index contributed by atoms with van der Waals surface area (Å²) in [6.45, 7) is 0.791. The van der Waals surface area contributed by atoms with Crippen molar-refractivity contribution in [2.45, 2.75) is 38.1 Å². The van der Waals surface area contributed by atoms with E-state index in [0.717, 1.165) is 12.8 Å². The van der Waals surface area contributed by atoms with E-state index in [2.05, 4.69) is 10.6 Å². The number of hydrogen-bond acceptors (Lipinski definition) is 2. The van der Waals surface area contributed by atoms with Crippen LogP contribution in [-0.4, -0.2) is 25.2 Å². The molecule has 0 bridgehead atoms. The quantitative estimate of drug-likeness (QED) is 0.815. The molecule has 5 heteroatoms. The molecule has 0 unspecified atom stereocenters. The van der Waals surface area contributed by atoms with E-state index < -0.39 is 0 Å². The fourth-order valence-corrected chi connectivity index (χ4v) is 2.35. The molecule has 110 valence electrons. The number of ether oxygens (including phenoxy) is 1. The average molecular weight is 280 g/mol. The molecule has 1 saturated carbocycles. The number of benzene rings is 1. The molecule has 0 atom stereocenters. The Morgan fingerprint density at radius 3 is 2.60 bits per heavy atom. The predicted octanol–water partition coefficient (Wildman–Crippen LogP) is 2.84. The predicted molar refractivity (Wildman–Crippen MR) is 75.3 cm³/mol. The van der Waals surface area contributed by atoms with E-state index in [0.29, 0.717) is 24.9 Å². The van der Waals surface area contributed by atoms with Crippen molar-refractivity contribution in [2.24, 2.45) is 0 Å². The van der Waals surface area contributed by atoms with Gasteiger partial charge in [0.1, 0.15) is 18.2 Å². The van der Waals surface area contributed by atoms with Crippen molar-refractivity contribution < 1.29 is 13.9 Å². The third-order valence-corrected chi connectivity index (χ3v) is 3.41. The van der Waals surface area contributed by atoms with Gasteiger partial charge >= 0.3 is 6.03 Å². The van der Waals surface area contributed by atoms with Crippen molar-refractivity contribution >= 4 is 6.03 Å². The van der Waals surface area contributed by atoms with E-state index in [4.69, 9.17) is 4.74 Å². The van der Waals surface area contributed by atoms with Gasteiger partial charge < -0.3 is 15.4 Å². The van der Waals surface area contributed by atoms with Gasteiger partial charge in [0.25, 0.3) is 0 Å². The van der Waals surface area contributed by atoms with E-state index in [9.17, 15) is 9.18 Å². The molecule has 1 aliphatic carbocycles. The molecule has 0 heterocycles. The van der Waals surface area contributed by atoms with Crippen molar-refractivity contribution in [3.63, 3.8) is 0 Å². The van der Waals surface area contributed by atoms with Gasteiger partial charge in [0, 0.05) is 6.04 Å². The Morgan fingerprint density at radius 1 is 1.20 bits per heavy atom. The number of amides is 2. The van der Waals surface area contributed by atoms with Crippen molar-refractivity contribution in [3.8, 4) is 5.75 Å². The number of rotatable bonds is 5. The molecule has 2 rings (SSSR count). The number of hydrogen-bond donors (Lipinski definition) is 2. The zero-order valence-corrected chi connectivity index (χ0v) is 11.5. The molecule has 0 saturated heterocycles. The van der Waals surface area contributed by atoms with Crippen LogP contribution in [0, 0.1) is 5.82 Å². The molecule has 2 amide bonds. The maximum absolute atomic E-state index is 12.7.